The molecule has 1 aliphatic rings. The van der Waals surface area contributed by atoms with Gasteiger partial charge < -0.3 is 9.47 Å². The summed E-state index contributed by atoms with van der Waals surface area (Å²) in [7, 11) is 0. The first-order chi connectivity index (χ1) is 33.0. The summed E-state index contributed by atoms with van der Waals surface area (Å²) in [5.74, 6) is 1.94. The van der Waals surface area contributed by atoms with Crippen molar-refractivity contribution in [1.29, 1.82) is 0 Å². The lowest BCUT2D eigenvalue weighted by Crippen LogP contribution is -2.16. The van der Waals surface area contributed by atoms with Gasteiger partial charge >= 0.3 is 0 Å². The number of rotatable bonds is 9. The van der Waals surface area contributed by atoms with Crippen LogP contribution in [0.2, 0.25) is 0 Å². The van der Waals surface area contributed by atoms with E-state index >= 15 is 0 Å². The molecule has 0 saturated heterocycles. The number of anilines is 3. The zero-order chi connectivity index (χ0) is 44.9. The van der Waals surface area contributed by atoms with Gasteiger partial charge in [0.2, 0.25) is 0 Å². The van der Waals surface area contributed by atoms with Gasteiger partial charge in [-0.2, -0.15) is 0 Å². The van der Waals surface area contributed by atoms with E-state index in [0.717, 1.165) is 55.9 Å². The molecule has 0 N–H and O–H groups in total. The molecule has 0 spiro atoms. The highest BCUT2D eigenvalue weighted by molar-refractivity contribution is 6.14. The summed E-state index contributed by atoms with van der Waals surface area (Å²) in [5.41, 5.74) is 16.9. The second-order valence-corrected chi connectivity index (χ2v) is 17.7. The van der Waals surface area contributed by atoms with Gasteiger partial charge in [0.1, 0.15) is 0 Å². The van der Waals surface area contributed by atoms with E-state index in [9.17, 15) is 0 Å². The van der Waals surface area contributed by atoms with Crippen LogP contribution in [0.4, 0.5) is 17.1 Å². The minimum Gasteiger partial charge on any atom is -0.311 e. The monoisotopic (exact) mass is 859 g/mol. The van der Waals surface area contributed by atoms with E-state index in [0.29, 0.717) is 17.5 Å². The average Bonchev–Trinajstić information content (AvgIpc) is 3.84. The first-order valence-corrected chi connectivity index (χ1v) is 22.9. The Balaban J connectivity index is 0.934. The second kappa shape index (κ2) is 16.4. The van der Waals surface area contributed by atoms with Crippen molar-refractivity contribution in [2.75, 3.05) is 4.90 Å². The first-order valence-electron chi connectivity index (χ1n) is 22.9. The van der Waals surface area contributed by atoms with Crippen LogP contribution in [0.5, 0.6) is 0 Å². The third-order valence-electron chi connectivity index (χ3n) is 13.2. The summed E-state index contributed by atoms with van der Waals surface area (Å²) in [6.07, 6.45) is 4.46. The maximum absolute atomic E-state index is 5.10. The summed E-state index contributed by atoms with van der Waals surface area (Å²) in [5, 5.41) is 2.35. The Labute approximate surface area is 390 Å². The summed E-state index contributed by atoms with van der Waals surface area (Å²) < 4.78 is 2.46. The van der Waals surface area contributed by atoms with Gasteiger partial charge in [0, 0.05) is 55.6 Å². The largest absolute Gasteiger partial charge is 0.311 e. The molecule has 0 fully saturated rings. The molecule has 0 atom stereocenters. The molecule has 0 unspecified atom stereocenters. The SMILES string of the molecule is CC1(C)c2cc(C=Cc3ccc(N(c4ccccc4)c4ccccc4)cc3)ccc2-c2ccc3c4cc(-c5nc(-c6ccccc6)nc(-c6ccccc6)n5)ccc4n(-c4ccccc4)c3c21. The molecular weight excluding hydrogens is 815 g/mol. The van der Waals surface area contributed by atoms with Crippen LogP contribution in [0.1, 0.15) is 36.1 Å². The number of hydrogen-bond donors (Lipinski definition) is 0. The number of hydrogen-bond acceptors (Lipinski definition) is 4. The Morgan fingerprint density at radius 1 is 0.418 bits per heavy atom. The van der Waals surface area contributed by atoms with Crippen molar-refractivity contribution >= 4 is 51.0 Å². The molecule has 5 nitrogen and oxygen atoms in total. The predicted molar refractivity (Wildman–Crippen MR) is 278 cm³/mol. The van der Waals surface area contributed by atoms with Gasteiger partial charge in [0.05, 0.1) is 11.0 Å². The average molecular weight is 860 g/mol. The fourth-order valence-corrected chi connectivity index (χ4v) is 9.97. The zero-order valence-corrected chi connectivity index (χ0v) is 37.3. The molecule has 1 aliphatic carbocycles. The normalized spacial score (nSPS) is 12.7. The van der Waals surface area contributed by atoms with Crippen molar-refractivity contribution in [1.82, 2.24) is 19.5 Å². The number of fused-ring (bicyclic) bond motifs is 7. The molecule has 5 heteroatoms. The van der Waals surface area contributed by atoms with E-state index in [2.05, 4.69) is 224 Å². The first kappa shape index (κ1) is 39.9. The molecule has 318 valence electrons. The van der Waals surface area contributed by atoms with Gasteiger partial charge in [-0.15, -0.1) is 0 Å². The quantitative estimate of drug-likeness (QED) is 0.136. The van der Waals surface area contributed by atoms with Crippen LogP contribution >= 0.6 is 0 Å². The number of benzene rings is 9. The van der Waals surface area contributed by atoms with Crippen LogP contribution in [0.15, 0.2) is 224 Å². The summed E-state index contributed by atoms with van der Waals surface area (Å²) in [6, 6.07) is 79.2. The summed E-state index contributed by atoms with van der Waals surface area (Å²) in [4.78, 5) is 17.4. The Morgan fingerprint density at radius 2 is 0.910 bits per heavy atom. The maximum atomic E-state index is 5.10. The summed E-state index contributed by atoms with van der Waals surface area (Å²) in [6.45, 7) is 4.77. The molecule has 0 aliphatic heterocycles. The van der Waals surface area contributed by atoms with E-state index < -0.39 is 0 Å². The number of nitrogens with zero attached hydrogens (tertiary/aromatic N) is 5. The van der Waals surface area contributed by atoms with Crippen molar-refractivity contribution in [3.63, 3.8) is 0 Å². The van der Waals surface area contributed by atoms with Crippen molar-refractivity contribution in [3.8, 4) is 51.0 Å². The smallest absolute Gasteiger partial charge is 0.164 e. The Hall–Kier alpha value is -8.67. The fraction of sp³-hybridized carbons (Fsp3) is 0.0484. The van der Waals surface area contributed by atoms with Gasteiger partial charge in [0.25, 0.3) is 0 Å². The standard InChI is InChI=1S/C62H45N5/c1-62(2)55-40-43(29-28-42-30-34-50(35-31-42)66(47-22-12-5-13-23-47)48-24-14-6-15-25-48)32-36-51(55)52-37-38-53-54-41-46(33-39-56(54)67(58(53)57(52)62)49-26-16-7-17-27-49)61-64-59(44-18-8-3-9-19-44)63-60(65-61)45-20-10-4-11-21-45/h3-41H,1-2H3. The van der Waals surface area contributed by atoms with Gasteiger partial charge in [-0.25, -0.2) is 15.0 Å². The molecule has 0 saturated carbocycles. The summed E-state index contributed by atoms with van der Waals surface area (Å²) >= 11 is 0. The minimum atomic E-state index is -0.291. The Bertz CT molecular complexity index is 3520. The Morgan fingerprint density at radius 3 is 1.51 bits per heavy atom. The van der Waals surface area contributed by atoms with Gasteiger partial charge in [0.15, 0.2) is 17.5 Å². The second-order valence-electron chi connectivity index (χ2n) is 17.7. The molecule has 12 rings (SSSR count). The van der Waals surface area contributed by atoms with E-state index in [-0.39, 0.29) is 5.41 Å². The van der Waals surface area contributed by atoms with E-state index in [1.807, 2.05) is 36.4 Å². The lowest BCUT2D eigenvalue weighted by Gasteiger charge is -2.25. The van der Waals surface area contributed by atoms with Crippen LogP contribution < -0.4 is 4.90 Å². The van der Waals surface area contributed by atoms with Gasteiger partial charge in [-0.3, -0.25) is 0 Å². The van der Waals surface area contributed by atoms with Crippen molar-refractivity contribution in [2.24, 2.45) is 0 Å². The van der Waals surface area contributed by atoms with Crippen LogP contribution in [0, 0.1) is 0 Å². The molecule has 0 bridgehead atoms. The van der Waals surface area contributed by atoms with Crippen LogP contribution in [-0.4, -0.2) is 19.5 Å². The van der Waals surface area contributed by atoms with E-state index in [1.165, 1.54) is 38.7 Å². The predicted octanol–water partition coefficient (Wildman–Crippen LogP) is 15.9. The van der Waals surface area contributed by atoms with Gasteiger partial charge in [-0.1, -0.05) is 184 Å². The molecular formula is C62H45N5. The van der Waals surface area contributed by atoms with Gasteiger partial charge in [-0.05, 0) is 100 Å². The third kappa shape index (κ3) is 7.09. The fourth-order valence-electron chi connectivity index (χ4n) is 9.97. The number of aromatic nitrogens is 4. The molecule has 11 aromatic rings. The lowest BCUT2D eigenvalue weighted by molar-refractivity contribution is 0.663. The topological polar surface area (TPSA) is 46.8 Å². The maximum Gasteiger partial charge on any atom is 0.164 e. The molecule has 2 heterocycles. The Kier molecular flexibility index (Phi) is 9.76. The molecule has 9 aromatic carbocycles. The zero-order valence-electron chi connectivity index (χ0n) is 37.3. The highest BCUT2D eigenvalue weighted by Gasteiger charge is 2.39. The minimum absolute atomic E-state index is 0.291. The molecule has 2 aromatic heterocycles. The van der Waals surface area contributed by atoms with Crippen LogP contribution in [0.3, 0.4) is 0 Å². The van der Waals surface area contributed by atoms with Crippen LogP contribution in [-0.2, 0) is 5.41 Å². The van der Waals surface area contributed by atoms with Crippen molar-refractivity contribution < 1.29 is 0 Å². The highest BCUT2D eigenvalue weighted by Crippen LogP contribution is 2.53. The van der Waals surface area contributed by atoms with Crippen molar-refractivity contribution in [2.45, 2.75) is 19.3 Å². The lowest BCUT2D eigenvalue weighted by atomic mass is 9.81. The van der Waals surface area contributed by atoms with Crippen LogP contribution in [0.25, 0.3) is 84.9 Å². The molecule has 0 radical (unpaired) electrons. The third-order valence-corrected chi connectivity index (χ3v) is 13.2. The molecule has 0 amide bonds. The highest BCUT2D eigenvalue weighted by atomic mass is 15.1. The van der Waals surface area contributed by atoms with E-state index in [4.69, 9.17) is 15.0 Å². The van der Waals surface area contributed by atoms with Crippen molar-refractivity contribution in [3.05, 3.63) is 247 Å². The number of para-hydroxylation sites is 3. The molecule has 67 heavy (non-hydrogen) atoms. The van der Waals surface area contributed by atoms with E-state index in [1.54, 1.807) is 0 Å².